The standard InChI is InChI=1S/C12H16N2O3/c1-13-6-3-4-10(13)11(15)14-7-5-9(8-14)12(16)17-2/h3-4,6,9H,5,7-8H2,1-2H3. The Morgan fingerprint density at radius 3 is 2.82 bits per heavy atom. The van der Waals surface area contributed by atoms with Crippen molar-refractivity contribution in [2.24, 2.45) is 13.0 Å². The average molecular weight is 236 g/mol. The van der Waals surface area contributed by atoms with Gasteiger partial charge in [0.25, 0.3) is 5.91 Å². The van der Waals surface area contributed by atoms with Gasteiger partial charge in [-0.1, -0.05) is 0 Å². The van der Waals surface area contributed by atoms with E-state index in [1.165, 1.54) is 7.11 Å². The van der Waals surface area contributed by atoms with Crippen LogP contribution in [-0.2, 0) is 16.6 Å². The molecular weight excluding hydrogens is 220 g/mol. The Balaban J connectivity index is 2.04. The number of carbonyl (C=O) groups excluding carboxylic acids is 2. The second-order valence-corrected chi connectivity index (χ2v) is 4.26. The van der Waals surface area contributed by atoms with E-state index in [1.54, 1.807) is 15.5 Å². The van der Waals surface area contributed by atoms with Crippen LogP contribution in [0.1, 0.15) is 16.9 Å². The lowest BCUT2D eigenvalue weighted by Crippen LogP contribution is -2.31. The number of likely N-dealkylation sites (tertiary alicyclic amines) is 1. The van der Waals surface area contributed by atoms with Gasteiger partial charge in [0.1, 0.15) is 5.69 Å². The van der Waals surface area contributed by atoms with Crippen LogP contribution in [0.2, 0.25) is 0 Å². The zero-order valence-electron chi connectivity index (χ0n) is 10.0. The number of hydrogen-bond acceptors (Lipinski definition) is 3. The number of ether oxygens (including phenoxy) is 1. The molecule has 1 fully saturated rings. The van der Waals surface area contributed by atoms with Gasteiger partial charge >= 0.3 is 5.97 Å². The minimum Gasteiger partial charge on any atom is -0.469 e. The van der Waals surface area contributed by atoms with E-state index in [0.29, 0.717) is 25.2 Å². The number of rotatable bonds is 2. The molecule has 1 unspecified atom stereocenters. The van der Waals surface area contributed by atoms with E-state index >= 15 is 0 Å². The molecule has 0 saturated carbocycles. The zero-order valence-corrected chi connectivity index (χ0v) is 10.0. The number of aromatic nitrogens is 1. The van der Waals surface area contributed by atoms with E-state index in [-0.39, 0.29) is 17.8 Å². The second kappa shape index (κ2) is 4.61. The number of hydrogen-bond donors (Lipinski definition) is 0. The molecule has 1 aromatic rings. The van der Waals surface area contributed by atoms with Gasteiger partial charge in [0.15, 0.2) is 0 Å². The van der Waals surface area contributed by atoms with Gasteiger partial charge in [-0.3, -0.25) is 9.59 Å². The molecule has 1 amide bonds. The molecule has 1 atom stereocenters. The normalized spacial score (nSPS) is 19.4. The quantitative estimate of drug-likeness (QED) is 0.709. The first-order valence-electron chi connectivity index (χ1n) is 5.62. The fourth-order valence-corrected chi connectivity index (χ4v) is 2.15. The van der Waals surface area contributed by atoms with E-state index in [4.69, 9.17) is 4.74 Å². The molecule has 17 heavy (non-hydrogen) atoms. The molecule has 5 nitrogen and oxygen atoms in total. The van der Waals surface area contributed by atoms with Crippen molar-refractivity contribution in [2.75, 3.05) is 20.2 Å². The Labute approximate surface area is 100.0 Å². The van der Waals surface area contributed by atoms with Crippen molar-refractivity contribution in [2.45, 2.75) is 6.42 Å². The van der Waals surface area contributed by atoms with Crippen molar-refractivity contribution >= 4 is 11.9 Å². The van der Waals surface area contributed by atoms with Gasteiger partial charge in [0, 0.05) is 26.3 Å². The second-order valence-electron chi connectivity index (χ2n) is 4.26. The van der Waals surface area contributed by atoms with E-state index < -0.39 is 0 Å². The SMILES string of the molecule is COC(=O)C1CCN(C(=O)c2cccn2C)C1. The Hall–Kier alpha value is -1.78. The molecule has 1 aliphatic rings. The Kier molecular flexibility index (Phi) is 3.17. The maximum Gasteiger partial charge on any atom is 0.310 e. The summed E-state index contributed by atoms with van der Waals surface area (Å²) in [5.74, 6) is -0.430. The molecule has 0 N–H and O–H groups in total. The lowest BCUT2D eigenvalue weighted by atomic mass is 10.1. The number of amides is 1. The third kappa shape index (κ3) is 2.18. The molecule has 0 radical (unpaired) electrons. The van der Waals surface area contributed by atoms with Gasteiger partial charge in [0.05, 0.1) is 13.0 Å². The predicted octanol–water partition coefficient (Wildman–Crippen LogP) is 0.660. The van der Waals surface area contributed by atoms with Crippen LogP contribution >= 0.6 is 0 Å². The summed E-state index contributed by atoms with van der Waals surface area (Å²) in [4.78, 5) is 25.2. The van der Waals surface area contributed by atoms with Crippen molar-refractivity contribution in [1.29, 1.82) is 0 Å². The third-order valence-electron chi connectivity index (χ3n) is 3.17. The van der Waals surface area contributed by atoms with E-state index in [2.05, 4.69) is 0 Å². The summed E-state index contributed by atoms with van der Waals surface area (Å²) in [6.07, 6.45) is 2.52. The highest BCUT2D eigenvalue weighted by atomic mass is 16.5. The van der Waals surface area contributed by atoms with Crippen LogP contribution in [0.25, 0.3) is 0 Å². The van der Waals surface area contributed by atoms with Crippen molar-refractivity contribution in [3.05, 3.63) is 24.0 Å². The van der Waals surface area contributed by atoms with E-state index in [0.717, 1.165) is 0 Å². The van der Waals surface area contributed by atoms with Crippen molar-refractivity contribution in [1.82, 2.24) is 9.47 Å². The summed E-state index contributed by atoms with van der Waals surface area (Å²) in [7, 11) is 3.21. The molecule has 0 spiro atoms. The molecule has 0 bridgehead atoms. The van der Waals surface area contributed by atoms with Crippen molar-refractivity contribution in [3.63, 3.8) is 0 Å². The van der Waals surface area contributed by atoms with Crippen LogP contribution in [0.5, 0.6) is 0 Å². The van der Waals surface area contributed by atoms with Crippen LogP contribution in [0.3, 0.4) is 0 Å². The minimum absolute atomic E-state index is 0.0242. The highest BCUT2D eigenvalue weighted by Crippen LogP contribution is 2.19. The molecular formula is C12H16N2O3. The first-order valence-corrected chi connectivity index (χ1v) is 5.62. The van der Waals surface area contributed by atoms with E-state index in [1.807, 2.05) is 19.3 Å². The largest absolute Gasteiger partial charge is 0.469 e. The van der Waals surface area contributed by atoms with Gasteiger partial charge in [0.2, 0.25) is 0 Å². The zero-order chi connectivity index (χ0) is 12.4. The Morgan fingerprint density at radius 2 is 2.24 bits per heavy atom. The number of nitrogens with zero attached hydrogens (tertiary/aromatic N) is 2. The summed E-state index contributed by atoms with van der Waals surface area (Å²) >= 11 is 0. The number of esters is 1. The summed E-state index contributed by atoms with van der Waals surface area (Å²) in [5.41, 5.74) is 0.649. The van der Waals surface area contributed by atoms with Gasteiger partial charge in [-0.05, 0) is 18.6 Å². The highest BCUT2D eigenvalue weighted by molar-refractivity contribution is 5.93. The van der Waals surface area contributed by atoms with Crippen molar-refractivity contribution < 1.29 is 14.3 Å². The molecule has 92 valence electrons. The summed E-state index contributed by atoms with van der Waals surface area (Å²) in [5, 5.41) is 0. The molecule has 1 saturated heterocycles. The highest BCUT2D eigenvalue weighted by Gasteiger charge is 2.32. The van der Waals surface area contributed by atoms with Crippen LogP contribution in [0.15, 0.2) is 18.3 Å². The lowest BCUT2D eigenvalue weighted by molar-refractivity contribution is -0.144. The first kappa shape index (κ1) is 11.7. The van der Waals surface area contributed by atoms with Gasteiger partial charge < -0.3 is 14.2 Å². The van der Waals surface area contributed by atoms with Crippen LogP contribution in [0, 0.1) is 5.92 Å². The lowest BCUT2D eigenvalue weighted by Gasteiger charge is -2.16. The topological polar surface area (TPSA) is 51.5 Å². The molecule has 2 rings (SSSR count). The van der Waals surface area contributed by atoms with Gasteiger partial charge in [-0.25, -0.2) is 0 Å². The average Bonchev–Trinajstić information content (AvgIpc) is 2.95. The smallest absolute Gasteiger partial charge is 0.310 e. The number of aryl methyl sites for hydroxylation is 1. The molecule has 0 aliphatic carbocycles. The van der Waals surface area contributed by atoms with E-state index in [9.17, 15) is 9.59 Å². The monoisotopic (exact) mass is 236 g/mol. The molecule has 5 heteroatoms. The minimum atomic E-state index is -0.229. The summed E-state index contributed by atoms with van der Waals surface area (Å²) in [6, 6.07) is 3.62. The number of carbonyl (C=O) groups is 2. The molecule has 1 aromatic heterocycles. The fourth-order valence-electron chi connectivity index (χ4n) is 2.15. The van der Waals surface area contributed by atoms with Gasteiger partial charge in [-0.15, -0.1) is 0 Å². The summed E-state index contributed by atoms with van der Waals surface area (Å²) in [6.45, 7) is 1.07. The van der Waals surface area contributed by atoms with Crippen LogP contribution in [0.4, 0.5) is 0 Å². The first-order chi connectivity index (χ1) is 8.13. The number of methoxy groups -OCH3 is 1. The Bertz CT molecular complexity index is 439. The maximum atomic E-state index is 12.1. The molecule has 1 aliphatic heterocycles. The summed E-state index contributed by atoms with van der Waals surface area (Å²) < 4.78 is 6.48. The fraction of sp³-hybridized carbons (Fsp3) is 0.500. The molecule has 0 aromatic carbocycles. The Morgan fingerprint density at radius 1 is 1.47 bits per heavy atom. The van der Waals surface area contributed by atoms with Crippen LogP contribution in [-0.4, -0.2) is 41.5 Å². The van der Waals surface area contributed by atoms with Gasteiger partial charge in [-0.2, -0.15) is 0 Å². The predicted molar refractivity (Wildman–Crippen MR) is 61.4 cm³/mol. The maximum absolute atomic E-state index is 12.1. The third-order valence-corrected chi connectivity index (χ3v) is 3.17. The molecule has 2 heterocycles. The van der Waals surface area contributed by atoms with Crippen molar-refractivity contribution in [3.8, 4) is 0 Å². The van der Waals surface area contributed by atoms with Crippen LogP contribution < -0.4 is 0 Å².